The zero-order valence-corrected chi connectivity index (χ0v) is 12.1. The Morgan fingerprint density at radius 1 is 1.45 bits per heavy atom. The van der Waals surface area contributed by atoms with Gasteiger partial charge in [-0.25, -0.2) is 13.2 Å². The minimum Gasteiger partial charge on any atom is -0.478 e. The predicted octanol–water partition coefficient (Wildman–Crippen LogP) is 1.04. The maximum atomic E-state index is 12.4. The van der Waals surface area contributed by atoms with Gasteiger partial charge in [-0.1, -0.05) is 11.6 Å². The lowest BCUT2D eigenvalue weighted by molar-refractivity contribution is 0.0697. The molecular formula is C12H14ClNO5S. The molecule has 1 saturated heterocycles. The van der Waals surface area contributed by atoms with Gasteiger partial charge in [-0.2, -0.15) is 4.31 Å². The Bertz CT molecular complexity index is 631. The number of carbonyl (C=O) groups is 1. The lowest BCUT2D eigenvalue weighted by Crippen LogP contribution is -2.29. The number of hydrogen-bond acceptors (Lipinski definition) is 4. The van der Waals surface area contributed by atoms with Crippen LogP contribution in [0.15, 0.2) is 23.1 Å². The minimum absolute atomic E-state index is 0.00823. The predicted molar refractivity (Wildman–Crippen MR) is 72.4 cm³/mol. The molecule has 1 fully saturated rings. The highest BCUT2D eigenvalue weighted by atomic mass is 35.5. The molecule has 0 aliphatic carbocycles. The van der Waals surface area contributed by atoms with Gasteiger partial charge in [-0.05, 0) is 30.5 Å². The van der Waals surface area contributed by atoms with E-state index < -0.39 is 16.0 Å². The summed E-state index contributed by atoms with van der Waals surface area (Å²) < 4.78 is 26.0. The van der Waals surface area contributed by atoms with Gasteiger partial charge in [-0.15, -0.1) is 0 Å². The zero-order chi connectivity index (χ0) is 14.9. The van der Waals surface area contributed by atoms with E-state index in [0.29, 0.717) is 13.0 Å². The summed E-state index contributed by atoms with van der Waals surface area (Å²) in [5.41, 5.74) is -0.245. The van der Waals surface area contributed by atoms with Crippen LogP contribution in [0, 0.1) is 5.92 Å². The highest BCUT2D eigenvalue weighted by Crippen LogP contribution is 2.27. The summed E-state index contributed by atoms with van der Waals surface area (Å²) in [4.78, 5) is 10.9. The van der Waals surface area contributed by atoms with E-state index in [1.165, 1.54) is 16.4 Å². The lowest BCUT2D eigenvalue weighted by atomic mass is 10.1. The first-order valence-corrected chi connectivity index (χ1v) is 7.82. The number of carboxylic acids is 1. The molecule has 110 valence electrons. The van der Waals surface area contributed by atoms with Crippen molar-refractivity contribution in [1.29, 1.82) is 0 Å². The molecule has 1 aliphatic heterocycles. The molecule has 2 N–H and O–H groups in total. The van der Waals surface area contributed by atoms with E-state index in [1.54, 1.807) is 0 Å². The molecule has 0 aromatic heterocycles. The fourth-order valence-electron chi connectivity index (χ4n) is 2.14. The molecule has 1 aliphatic rings. The standard InChI is InChI=1S/C12H14ClNO5S/c13-11-2-1-9(5-10(11)12(16)17)20(18,19)14-4-3-8(6-14)7-15/h1-2,5,8,15H,3-4,6-7H2,(H,16,17). The normalized spacial score (nSPS) is 20.2. The molecule has 1 heterocycles. The van der Waals surface area contributed by atoms with Gasteiger partial charge in [0.05, 0.1) is 15.5 Å². The second kappa shape index (κ2) is 5.69. The molecule has 1 atom stereocenters. The van der Waals surface area contributed by atoms with Crippen molar-refractivity contribution >= 4 is 27.6 Å². The molecule has 0 amide bonds. The van der Waals surface area contributed by atoms with Crippen LogP contribution in [0.5, 0.6) is 0 Å². The quantitative estimate of drug-likeness (QED) is 0.864. The minimum atomic E-state index is -3.75. The molecular weight excluding hydrogens is 306 g/mol. The van der Waals surface area contributed by atoms with E-state index in [4.69, 9.17) is 21.8 Å². The van der Waals surface area contributed by atoms with Gasteiger partial charge in [0.25, 0.3) is 0 Å². The van der Waals surface area contributed by atoms with E-state index in [2.05, 4.69) is 0 Å². The number of hydrogen-bond donors (Lipinski definition) is 2. The van der Waals surface area contributed by atoms with Gasteiger partial charge < -0.3 is 10.2 Å². The Morgan fingerprint density at radius 2 is 2.15 bits per heavy atom. The number of aliphatic hydroxyl groups excluding tert-OH is 1. The fourth-order valence-corrected chi connectivity index (χ4v) is 3.90. The number of benzene rings is 1. The van der Waals surface area contributed by atoms with Crippen molar-refractivity contribution < 1.29 is 23.4 Å². The highest BCUT2D eigenvalue weighted by molar-refractivity contribution is 7.89. The van der Waals surface area contributed by atoms with Crippen LogP contribution in [-0.4, -0.2) is 48.6 Å². The average molecular weight is 320 g/mol. The number of halogens is 1. The van der Waals surface area contributed by atoms with Crippen LogP contribution in [-0.2, 0) is 10.0 Å². The highest BCUT2D eigenvalue weighted by Gasteiger charge is 2.32. The van der Waals surface area contributed by atoms with Crippen LogP contribution in [0.1, 0.15) is 16.8 Å². The molecule has 6 nitrogen and oxygen atoms in total. The van der Waals surface area contributed by atoms with Crippen molar-refractivity contribution in [1.82, 2.24) is 4.31 Å². The monoisotopic (exact) mass is 319 g/mol. The molecule has 2 rings (SSSR count). The largest absolute Gasteiger partial charge is 0.478 e. The second-order valence-electron chi connectivity index (χ2n) is 4.65. The summed E-state index contributed by atoms with van der Waals surface area (Å²) in [6.45, 7) is 0.496. The van der Waals surface area contributed by atoms with Gasteiger partial charge >= 0.3 is 5.97 Å². The number of rotatable bonds is 4. The van der Waals surface area contributed by atoms with Crippen LogP contribution < -0.4 is 0 Å². The Hall–Kier alpha value is -1.15. The van der Waals surface area contributed by atoms with E-state index in [9.17, 15) is 13.2 Å². The summed E-state index contributed by atoms with van der Waals surface area (Å²) in [5, 5.41) is 18.0. The van der Waals surface area contributed by atoms with Crippen molar-refractivity contribution in [2.24, 2.45) is 5.92 Å². The second-order valence-corrected chi connectivity index (χ2v) is 6.99. The van der Waals surface area contributed by atoms with Crippen molar-refractivity contribution in [3.63, 3.8) is 0 Å². The van der Waals surface area contributed by atoms with Crippen LogP contribution in [0.2, 0.25) is 5.02 Å². The molecule has 1 aromatic carbocycles. The zero-order valence-electron chi connectivity index (χ0n) is 10.5. The molecule has 20 heavy (non-hydrogen) atoms. The van der Waals surface area contributed by atoms with Gasteiger partial charge in [0, 0.05) is 19.7 Å². The van der Waals surface area contributed by atoms with Gasteiger partial charge in [0.1, 0.15) is 0 Å². The third kappa shape index (κ3) is 2.80. The Labute approximate surface area is 121 Å². The number of aromatic carboxylic acids is 1. The first-order valence-electron chi connectivity index (χ1n) is 6.00. The van der Waals surface area contributed by atoms with E-state index in [-0.39, 0.29) is 34.6 Å². The van der Waals surface area contributed by atoms with Crippen LogP contribution in [0.3, 0.4) is 0 Å². The van der Waals surface area contributed by atoms with Crippen molar-refractivity contribution in [2.45, 2.75) is 11.3 Å². The third-order valence-corrected chi connectivity index (χ3v) is 5.50. The van der Waals surface area contributed by atoms with Gasteiger partial charge in [0.2, 0.25) is 10.0 Å². The molecule has 0 saturated carbocycles. The molecule has 0 radical (unpaired) electrons. The summed E-state index contributed by atoms with van der Waals surface area (Å²) >= 11 is 5.72. The average Bonchev–Trinajstić information content (AvgIpc) is 2.88. The maximum absolute atomic E-state index is 12.4. The molecule has 0 bridgehead atoms. The molecule has 8 heteroatoms. The lowest BCUT2D eigenvalue weighted by Gasteiger charge is -2.16. The molecule has 1 unspecified atom stereocenters. The summed E-state index contributed by atoms with van der Waals surface area (Å²) in [6.07, 6.45) is 0.592. The Balaban J connectivity index is 2.35. The number of aliphatic hydroxyl groups is 1. The van der Waals surface area contributed by atoms with Crippen LogP contribution in [0.4, 0.5) is 0 Å². The number of nitrogens with zero attached hydrogens (tertiary/aromatic N) is 1. The van der Waals surface area contributed by atoms with E-state index in [1.807, 2.05) is 0 Å². The summed E-state index contributed by atoms with van der Waals surface area (Å²) in [7, 11) is -3.75. The number of carboxylic acid groups (broad SMARTS) is 1. The molecule has 1 aromatic rings. The summed E-state index contributed by atoms with van der Waals surface area (Å²) in [6, 6.07) is 3.61. The SMILES string of the molecule is O=C(O)c1cc(S(=O)(=O)N2CCC(CO)C2)ccc1Cl. The topological polar surface area (TPSA) is 94.9 Å². The van der Waals surface area contributed by atoms with E-state index in [0.717, 1.165) is 6.07 Å². The first kappa shape index (κ1) is 15.2. The van der Waals surface area contributed by atoms with Crippen molar-refractivity contribution in [2.75, 3.05) is 19.7 Å². The van der Waals surface area contributed by atoms with Crippen molar-refractivity contribution in [3.05, 3.63) is 28.8 Å². The van der Waals surface area contributed by atoms with E-state index >= 15 is 0 Å². The smallest absolute Gasteiger partial charge is 0.337 e. The third-order valence-electron chi connectivity index (χ3n) is 3.31. The first-order chi connectivity index (χ1) is 9.36. The summed E-state index contributed by atoms with van der Waals surface area (Å²) in [5.74, 6) is -1.35. The Kier molecular flexibility index (Phi) is 4.33. The van der Waals surface area contributed by atoms with Gasteiger partial charge in [-0.3, -0.25) is 0 Å². The van der Waals surface area contributed by atoms with Crippen LogP contribution >= 0.6 is 11.6 Å². The van der Waals surface area contributed by atoms with Gasteiger partial charge in [0.15, 0.2) is 0 Å². The maximum Gasteiger partial charge on any atom is 0.337 e. The fraction of sp³-hybridized carbons (Fsp3) is 0.417. The number of sulfonamides is 1. The Morgan fingerprint density at radius 3 is 2.70 bits per heavy atom. The van der Waals surface area contributed by atoms with Crippen molar-refractivity contribution in [3.8, 4) is 0 Å². The van der Waals surface area contributed by atoms with Crippen LogP contribution in [0.25, 0.3) is 0 Å². The molecule has 0 spiro atoms.